The van der Waals surface area contributed by atoms with Crippen molar-refractivity contribution in [3.8, 4) is 17.5 Å². The van der Waals surface area contributed by atoms with Gasteiger partial charge in [0.25, 0.3) is 0 Å². The Labute approximate surface area is 95.4 Å². The highest BCUT2D eigenvalue weighted by atomic mass is 32.1. The first-order chi connectivity index (χ1) is 7.86. The van der Waals surface area contributed by atoms with Gasteiger partial charge in [-0.05, 0) is 12.1 Å². The molecule has 3 heterocycles. The summed E-state index contributed by atoms with van der Waals surface area (Å²) in [6.07, 6.45) is 3.64. The molecule has 3 rings (SSSR count). The smallest absolute Gasteiger partial charge is 0.137 e. The van der Waals surface area contributed by atoms with E-state index in [9.17, 15) is 0 Å². The highest BCUT2D eigenvalue weighted by Crippen LogP contribution is 2.18. The highest BCUT2D eigenvalue weighted by Gasteiger charge is 2.05. The third-order valence-corrected chi connectivity index (χ3v) is 2.86. The van der Waals surface area contributed by atoms with Gasteiger partial charge in [0.2, 0.25) is 0 Å². The number of aromatic nitrogens is 3. The second-order valence-corrected chi connectivity index (χ2v) is 4.01. The number of nitrogens with zero attached hydrogens (tertiary/aromatic N) is 4. The average molecular weight is 226 g/mol. The van der Waals surface area contributed by atoms with Gasteiger partial charge in [0.05, 0.1) is 11.1 Å². The van der Waals surface area contributed by atoms with Crippen molar-refractivity contribution in [2.75, 3.05) is 0 Å². The van der Waals surface area contributed by atoms with Gasteiger partial charge in [-0.25, -0.2) is 9.97 Å². The molecule has 0 atom stereocenters. The van der Waals surface area contributed by atoms with Crippen LogP contribution >= 0.6 is 11.3 Å². The molecule has 3 aromatic rings. The molecular formula is C11H6N4S. The third kappa shape index (κ3) is 1.36. The van der Waals surface area contributed by atoms with Gasteiger partial charge in [0.1, 0.15) is 23.1 Å². The van der Waals surface area contributed by atoms with Crippen LogP contribution in [0, 0.1) is 11.3 Å². The Bertz CT molecular complexity index is 676. The molecule has 0 N–H and O–H groups in total. The summed E-state index contributed by atoms with van der Waals surface area (Å²) in [6, 6.07) is 5.69. The van der Waals surface area contributed by atoms with Gasteiger partial charge >= 0.3 is 0 Å². The molecule has 0 amide bonds. The predicted octanol–water partition coefficient (Wildman–Crippen LogP) is 2.33. The Morgan fingerprint density at radius 2 is 2.19 bits per heavy atom. The third-order valence-electron chi connectivity index (χ3n) is 2.27. The number of hydrogen-bond donors (Lipinski definition) is 0. The molecule has 0 saturated heterocycles. The zero-order valence-corrected chi connectivity index (χ0v) is 8.98. The maximum Gasteiger partial charge on any atom is 0.137 e. The molecule has 0 saturated carbocycles. The molecule has 4 nitrogen and oxygen atoms in total. The summed E-state index contributed by atoms with van der Waals surface area (Å²) >= 11 is 1.54. The van der Waals surface area contributed by atoms with E-state index in [2.05, 4.69) is 16.0 Å². The molecule has 0 fully saturated rings. The van der Waals surface area contributed by atoms with Crippen LogP contribution in [0.2, 0.25) is 0 Å². The minimum Gasteiger partial charge on any atom is -0.305 e. The second kappa shape index (κ2) is 3.43. The maximum atomic E-state index is 8.79. The summed E-state index contributed by atoms with van der Waals surface area (Å²) in [5.74, 6) is 0. The van der Waals surface area contributed by atoms with Crippen LogP contribution in [-0.4, -0.2) is 14.4 Å². The Balaban J connectivity index is 2.20. The van der Waals surface area contributed by atoms with E-state index >= 15 is 0 Å². The van der Waals surface area contributed by atoms with Gasteiger partial charge in [-0.15, -0.1) is 11.3 Å². The SMILES string of the molecule is N#Cc1ccc2nc(-c3cscn3)cn2c1. The van der Waals surface area contributed by atoms with E-state index in [1.165, 1.54) is 11.3 Å². The topological polar surface area (TPSA) is 54.0 Å². The number of fused-ring (bicyclic) bond motifs is 1. The number of nitriles is 1. The molecule has 0 bridgehead atoms. The molecule has 3 aromatic heterocycles. The first-order valence-corrected chi connectivity index (χ1v) is 5.58. The van der Waals surface area contributed by atoms with Crippen LogP contribution in [0.25, 0.3) is 17.0 Å². The molecule has 5 heteroatoms. The largest absolute Gasteiger partial charge is 0.305 e. The van der Waals surface area contributed by atoms with E-state index in [-0.39, 0.29) is 0 Å². The minimum atomic E-state index is 0.620. The zero-order chi connectivity index (χ0) is 11.0. The van der Waals surface area contributed by atoms with Gasteiger partial charge in [-0.3, -0.25) is 0 Å². The van der Waals surface area contributed by atoms with Crippen molar-refractivity contribution in [1.82, 2.24) is 14.4 Å². The van der Waals surface area contributed by atoms with Crippen molar-refractivity contribution in [1.29, 1.82) is 5.26 Å². The lowest BCUT2D eigenvalue weighted by Crippen LogP contribution is -1.83. The highest BCUT2D eigenvalue weighted by molar-refractivity contribution is 7.07. The fraction of sp³-hybridized carbons (Fsp3) is 0. The Hall–Kier alpha value is -2.19. The van der Waals surface area contributed by atoms with Crippen molar-refractivity contribution >= 4 is 17.0 Å². The van der Waals surface area contributed by atoms with Gasteiger partial charge in [0, 0.05) is 17.8 Å². The Morgan fingerprint density at radius 3 is 2.94 bits per heavy atom. The van der Waals surface area contributed by atoms with Crippen LogP contribution in [-0.2, 0) is 0 Å². The van der Waals surface area contributed by atoms with Gasteiger partial charge in [-0.1, -0.05) is 0 Å². The molecule has 16 heavy (non-hydrogen) atoms. The van der Waals surface area contributed by atoms with Gasteiger partial charge in [-0.2, -0.15) is 5.26 Å². The van der Waals surface area contributed by atoms with Gasteiger partial charge in [0.15, 0.2) is 0 Å². The van der Waals surface area contributed by atoms with Gasteiger partial charge < -0.3 is 4.40 Å². The van der Waals surface area contributed by atoms with Crippen LogP contribution in [0.15, 0.2) is 35.4 Å². The number of rotatable bonds is 1. The molecule has 0 aromatic carbocycles. The van der Waals surface area contributed by atoms with E-state index in [0.717, 1.165) is 17.0 Å². The fourth-order valence-corrected chi connectivity index (χ4v) is 2.07. The standard InChI is InChI=1S/C11H6N4S/c12-3-8-1-2-11-14-9(5-15(11)4-8)10-6-16-7-13-10/h1-2,4-7H. The minimum absolute atomic E-state index is 0.620. The lowest BCUT2D eigenvalue weighted by atomic mass is 10.3. The lowest BCUT2D eigenvalue weighted by Gasteiger charge is -1.91. The number of thiazole rings is 1. The van der Waals surface area contributed by atoms with E-state index in [4.69, 9.17) is 5.26 Å². The molecule has 0 aliphatic rings. The summed E-state index contributed by atoms with van der Waals surface area (Å²) in [7, 11) is 0. The molecule has 0 spiro atoms. The number of pyridine rings is 1. The van der Waals surface area contributed by atoms with Crippen molar-refractivity contribution in [3.05, 3.63) is 41.0 Å². The predicted molar refractivity (Wildman–Crippen MR) is 61.0 cm³/mol. The van der Waals surface area contributed by atoms with Crippen LogP contribution in [0.3, 0.4) is 0 Å². The number of hydrogen-bond acceptors (Lipinski definition) is 4. The maximum absolute atomic E-state index is 8.79. The first-order valence-electron chi connectivity index (χ1n) is 4.64. The molecule has 0 unspecified atom stereocenters. The van der Waals surface area contributed by atoms with E-state index in [0.29, 0.717) is 5.56 Å². The quantitative estimate of drug-likeness (QED) is 0.640. The molecule has 0 radical (unpaired) electrons. The summed E-state index contributed by atoms with van der Waals surface area (Å²) in [5.41, 5.74) is 4.92. The summed E-state index contributed by atoms with van der Waals surface area (Å²) in [4.78, 5) is 8.63. The average Bonchev–Trinajstić information content (AvgIpc) is 2.96. The van der Waals surface area contributed by atoms with Crippen LogP contribution in [0.4, 0.5) is 0 Å². The lowest BCUT2D eigenvalue weighted by molar-refractivity contribution is 1.17. The summed E-state index contributed by atoms with van der Waals surface area (Å²) in [5, 5.41) is 10.7. The van der Waals surface area contributed by atoms with Crippen molar-refractivity contribution < 1.29 is 0 Å². The van der Waals surface area contributed by atoms with Crippen molar-refractivity contribution in [2.45, 2.75) is 0 Å². The summed E-state index contributed by atoms with van der Waals surface area (Å²) in [6.45, 7) is 0. The Morgan fingerprint density at radius 1 is 1.25 bits per heavy atom. The fourth-order valence-electron chi connectivity index (χ4n) is 1.52. The monoisotopic (exact) mass is 226 g/mol. The van der Waals surface area contributed by atoms with Crippen LogP contribution in [0.1, 0.15) is 5.56 Å². The summed E-state index contributed by atoms with van der Waals surface area (Å²) < 4.78 is 1.84. The number of imidazole rings is 1. The zero-order valence-electron chi connectivity index (χ0n) is 8.16. The molecule has 0 aliphatic heterocycles. The second-order valence-electron chi connectivity index (χ2n) is 3.29. The van der Waals surface area contributed by atoms with E-state index in [1.54, 1.807) is 17.8 Å². The van der Waals surface area contributed by atoms with Crippen LogP contribution in [0.5, 0.6) is 0 Å². The van der Waals surface area contributed by atoms with E-state index < -0.39 is 0 Å². The van der Waals surface area contributed by atoms with Crippen molar-refractivity contribution in [3.63, 3.8) is 0 Å². The first kappa shape index (κ1) is 9.07. The van der Waals surface area contributed by atoms with Crippen molar-refractivity contribution in [2.24, 2.45) is 0 Å². The molecular weight excluding hydrogens is 220 g/mol. The normalized spacial score (nSPS) is 10.4. The van der Waals surface area contributed by atoms with E-state index in [1.807, 2.05) is 22.0 Å². The molecule has 0 aliphatic carbocycles. The molecule has 76 valence electrons. The van der Waals surface area contributed by atoms with Crippen LogP contribution < -0.4 is 0 Å². The Kier molecular flexibility index (Phi) is 1.95.